The van der Waals surface area contributed by atoms with E-state index in [1.165, 1.54) is 33.0 Å². The first-order valence-electron chi connectivity index (χ1n) is 10.9. The van der Waals surface area contributed by atoms with Gasteiger partial charge in [-0.15, -0.1) is 0 Å². The van der Waals surface area contributed by atoms with Gasteiger partial charge in [0.05, 0.1) is 16.6 Å². The lowest BCUT2D eigenvalue weighted by Crippen LogP contribution is -1.92. The van der Waals surface area contributed by atoms with E-state index in [2.05, 4.69) is 82.8 Å². The van der Waals surface area contributed by atoms with Crippen molar-refractivity contribution in [1.82, 2.24) is 19.4 Å². The third-order valence-corrected chi connectivity index (χ3v) is 6.72. The van der Waals surface area contributed by atoms with E-state index in [4.69, 9.17) is 4.98 Å². The van der Waals surface area contributed by atoms with E-state index < -0.39 is 0 Å². The fraction of sp³-hybridized carbons (Fsp3) is 0.0714. The number of rotatable bonds is 1. The molecule has 0 fully saturated rings. The Balaban J connectivity index is 1.66. The number of H-pyrrole nitrogens is 1. The first-order valence-corrected chi connectivity index (χ1v) is 10.9. The Bertz CT molecular complexity index is 1850. The van der Waals surface area contributed by atoms with Crippen molar-refractivity contribution in [2.45, 2.75) is 13.8 Å². The molecule has 3 aromatic carbocycles. The number of hydrogen-bond acceptors (Lipinski definition) is 2. The zero-order chi connectivity index (χ0) is 21.4. The second-order valence-electron chi connectivity index (χ2n) is 8.56. The highest BCUT2D eigenvalue weighted by molar-refractivity contribution is 6.25. The van der Waals surface area contributed by atoms with Gasteiger partial charge in [0.1, 0.15) is 5.65 Å². The Morgan fingerprint density at radius 3 is 2.53 bits per heavy atom. The van der Waals surface area contributed by atoms with Crippen molar-refractivity contribution >= 4 is 49.3 Å². The maximum atomic E-state index is 4.79. The van der Waals surface area contributed by atoms with Crippen molar-refractivity contribution in [3.63, 3.8) is 0 Å². The Morgan fingerprint density at radius 2 is 1.62 bits per heavy atom. The average molecular weight is 412 g/mol. The first kappa shape index (κ1) is 17.5. The summed E-state index contributed by atoms with van der Waals surface area (Å²) in [7, 11) is 0. The second kappa shape index (κ2) is 6.17. The van der Waals surface area contributed by atoms with Crippen LogP contribution in [0.4, 0.5) is 0 Å². The van der Waals surface area contributed by atoms with Crippen LogP contribution in [0.25, 0.3) is 60.4 Å². The van der Waals surface area contributed by atoms with Crippen LogP contribution in [0.1, 0.15) is 11.1 Å². The predicted octanol–water partition coefficient (Wildman–Crippen LogP) is 6.95. The summed E-state index contributed by atoms with van der Waals surface area (Å²) in [5.74, 6) is 0. The number of benzene rings is 3. The van der Waals surface area contributed by atoms with E-state index in [1.54, 1.807) is 0 Å². The molecule has 0 radical (unpaired) electrons. The molecule has 0 spiro atoms. The summed E-state index contributed by atoms with van der Waals surface area (Å²) < 4.78 is 2.12. The van der Waals surface area contributed by atoms with Crippen molar-refractivity contribution in [3.8, 4) is 11.1 Å². The van der Waals surface area contributed by atoms with Crippen LogP contribution in [0.5, 0.6) is 0 Å². The van der Waals surface area contributed by atoms with Gasteiger partial charge in [-0.05, 0) is 66.4 Å². The van der Waals surface area contributed by atoms with Crippen LogP contribution >= 0.6 is 0 Å². The highest BCUT2D eigenvalue weighted by atomic mass is 15.0. The molecule has 7 rings (SSSR count). The van der Waals surface area contributed by atoms with E-state index in [1.807, 2.05) is 24.7 Å². The largest absolute Gasteiger partial charge is 0.354 e. The van der Waals surface area contributed by atoms with Gasteiger partial charge in [-0.25, -0.2) is 4.98 Å². The Labute approximate surface area is 184 Å². The standard InChI is InChI=1S/C28H20N4/c1-16-6-3-4-7-18(16)21-15-23-22(14-17(21)2)19-9-10-20-25(26(19)31-23)27-24(8-5-11-29-27)32-13-12-30-28(20)32/h3-15,31H,1-2H3. The molecule has 0 saturated heterocycles. The Morgan fingerprint density at radius 1 is 0.750 bits per heavy atom. The molecule has 0 amide bonds. The zero-order valence-corrected chi connectivity index (χ0v) is 17.8. The number of aromatic amines is 1. The lowest BCUT2D eigenvalue weighted by Gasteiger charge is -2.10. The fourth-order valence-corrected chi connectivity index (χ4v) is 5.20. The van der Waals surface area contributed by atoms with Crippen molar-refractivity contribution < 1.29 is 0 Å². The lowest BCUT2D eigenvalue weighted by atomic mass is 9.95. The van der Waals surface area contributed by atoms with E-state index in [0.29, 0.717) is 0 Å². The van der Waals surface area contributed by atoms with Gasteiger partial charge in [0.25, 0.3) is 0 Å². The number of pyridine rings is 2. The van der Waals surface area contributed by atoms with Gasteiger partial charge in [0.2, 0.25) is 0 Å². The first-order chi connectivity index (χ1) is 15.7. The van der Waals surface area contributed by atoms with E-state index >= 15 is 0 Å². The molecular weight excluding hydrogens is 392 g/mol. The molecule has 0 aliphatic rings. The average Bonchev–Trinajstić information content (AvgIpc) is 3.44. The molecule has 0 saturated carbocycles. The van der Waals surface area contributed by atoms with Crippen LogP contribution < -0.4 is 0 Å². The number of nitrogens with zero attached hydrogens (tertiary/aromatic N) is 3. The molecule has 152 valence electrons. The predicted molar refractivity (Wildman–Crippen MR) is 132 cm³/mol. The molecule has 0 bridgehead atoms. The minimum Gasteiger partial charge on any atom is -0.354 e. The summed E-state index contributed by atoms with van der Waals surface area (Å²) in [5, 5.41) is 4.69. The molecule has 32 heavy (non-hydrogen) atoms. The smallest absolute Gasteiger partial charge is 0.145 e. The molecule has 4 nitrogen and oxygen atoms in total. The summed E-state index contributed by atoms with van der Waals surface area (Å²) in [4.78, 5) is 13.2. The summed E-state index contributed by atoms with van der Waals surface area (Å²) in [5.41, 5.74) is 10.4. The van der Waals surface area contributed by atoms with Gasteiger partial charge >= 0.3 is 0 Å². The van der Waals surface area contributed by atoms with Crippen molar-refractivity contribution in [3.05, 3.63) is 90.4 Å². The molecular formula is C28H20N4. The van der Waals surface area contributed by atoms with E-state index in [9.17, 15) is 0 Å². The third kappa shape index (κ3) is 2.21. The summed E-state index contributed by atoms with van der Waals surface area (Å²) in [6.07, 6.45) is 5.73. The molecule has 0 atom stereocenters. The molecule has 4 heterocycles. The minimum atomic E-state index is 0.956. The fourth-order valence-electron chi connectivity index (χ4n) is 5.20. The van der Waals surface area contributed by atoms with Crippen LogP contribution in [0.15, 0.2) is 79.3 Å². The number of hydrogen-bond donors (Lipinski definition) is 1. The highest BCUT2D eigenvalue weighted by Gasteiger charge is 2.17. The maximum absolute atomic E-state index is 4.79. The van der Waals surface area contributed by atoms with Gasteiger partial charge < -0.3 is 4.98 Å². The number of nitrogens with one attached hydrogen (secondary N) is 1. The summed E-state index contributed by atoms with van der Waals surface area (Å²) in [6, 6.07) is 21.7. The highest BCUT2D eigenvalue weighted by Crippen LogP contribution is 2.38. The van der Waals surface area contributed by atoms with Gasteiger partial charge in [-0.1, -0.05) is 30.3 Å². The number of aryl methyl sites for hydroxylation is 2. The zero-order valence-electron chi connectivity index (χ0n) is 17.8. The summed E-state index contributed by atoms with van der Waals surface area (Å²) >= 11 is 0. The topological polar surface area (TPSA) is 46.0 Å². The van der Waals surface area contributed by atoms with Crippen LogP contribution in [0.3, 0.4) is 0 Å². The quantitative estimate of drug-likeness (QED) is 0.296. The lowest BCUT2D eigenvalue weighted by molar-refractivity contribution is 1.25. The SMILES string of the molecule is Cc1ccccc1-c1cc2[nH]c3c(ccc4c3c3ncccc3n3ccnc43)c2cc1C. The van der Waals surface area contributed by atoms with Gasteiger partial charge in [0.15, 0.2) is 0 Å². The third-order valence-electron chi connectivity index (χ3n) is 6.72. The molecule has 0 aliphatic heterocycles. The monoisotopic (exact) mass is 412 g/mol. The van der Waals surface area contributed by atoms with Gasteiger partial charge in [-0.3, -0.25) is 9.38 Å². The maximum Gasteiger partial charge on any atom is 0.145 e. The Hall–Kier alpha value is -4.18. The molecule has 0 unspecified atom stereocenters. The molecule has 1 N–H and O–H groups in total. The molecule has 4 heteroatoms. The molecule has 7 aromatic rings. The Kier molecular flexibility index (Phi) is 3.37. The van der Waals surface area contributed by atoms with Crippen LogP contribution in [-0.2, 0) is 0 Å². The summed E-state index contributed by atoms with van der Waals surface area (Å²) in [6.45, 7) is 4.37. The number of fused-ring (bicyclic) bond motifs is 10. The van der Waals surface area contributed by atoms with Crippen molar-refractivity contribution in [2.75, 3.05) is 0 Å². The van der Waals surface area contributed by atoms with Crippen molar-refractivity contribution in [2.24, 2.45) is 0 Å². The van der Waals surface area contributed by atoms with Crippen LogP contribution in [-0.4, -0.2) is 19.4 Å². The molecule has 0 aliphatic carbocycles. The molecule has 4 aromatic heterocycles. The van der Waals surface area contributed by atoms with Crippen LogP contribution in [0, 0.1) is 13.8 Å². The van der Waals surface area contributed by atoms with E-state index in [0.717, 1.165) is 38.5 Å². The van der Waals surface area contributed by atoms with Gasteiger partial charge in [-0.2, -0.15) is 0 Å². The second-order valence-corrected chi connectivity index (χ2v) is 8.56. The minimum absolute atomic E-state index is 0.956. The number of aromatic nitrogens is 4. The van der Waals surface area contributed by atoms with Gasteiger partial charge in [0, 0.05) is 45.7 Å². The van der Waals surface area contributed by atoms with Crippen molar-refractivity contribution in [1.29, 1.82) is 0 Å². The number of imidazole rings is 1. The van der Waals surface area contributed by atoms with E-state index in [-0.39, 0.29) is 0 Å². The normalized spacial score (nSPS) is 12.1. The van der Waals surface area contributed by atoms with Crippen LogP contribution in [0.2, 0.25) is 0 Å².